The van der Waals surface area contributed by atoms with E-state index in [1.807, 2.05) is 30.6 Å². The molecular formula is C19H18N4O. The molecule has 120 valence electrons. The van der Waals surface area contributed by atoms with Crippen LogP contribution in [0.3, 0.4) is 0 Å². The predicted octanol–water partition coefficient (Wildman–Crippen LogP) is 2.23. The van der Waals surface area contributed by atoms with E-state index in [0.717, 1.165) is 23.5 Å². The van der Waals surface area contributed by atoms with Gasteiger partial charge in [-0.05, 0) is 16.8 Å². The molecule has 2 aromatic carbocycles. The Morgan fingerprint density at radius 3 is 2.62 bits per heavy atom. The van der Waals surface area contributed by atoms with E-state index in [-0.39, 0.29) is 5.91 Å². The summed E-state index contributed by atoms with van der Waals surface area (Å²) in [6.07, 6.45) is 3.70. The smallest absolute Gasteiger partial charge is 0.234 e. The van der Waals surface area contributed by atoms with Gasteiger partial charge in [0.1, 0.15) is 0 Å². The lowest BCUT2D eigenvalue weighted by Crippen LogP contribution is -2.47. The lowest BCUT2D eigenvalue weighted by Gasteiger charge is -2.26. The zero-order chi connectivity index (χ0) is 16.4. The van der Waals surface area contributed by atoms with E-state index in [2.05, 4.69) is 44.5 Å². The molecule has 5 nitrogen and oxygen atoms in total. The van der Waals surface area contributed by atoms with Crippen LogP contribution in [0.25, 0.3) is 22.2 Å². The minimum absolute atomic E-state index is 0.0787. The molecule has 4 rings (SSSR count). The van der Waals surface area contributed by atoms with Crippen LogP contribution in [0.15, 0.2) is 54.9 Å². The summed E-state index contributed by atoms with van der Waals surface area (Å²) >= 11 is 0. The Labute approximate surface area is 140 Å². The zero-order valence-electron chi connectivity index (χ0n) is 13.3. The largest absolute Gasteiger partial charge is 0.354 e. The first-order valence-corrected chi connectivity index (χ1v) is 8.07. The number of piperazine rings is 1. The second kappa shape index (κ2) is 6.37. The summed E-state index contributed by atoms with van der Waals surface area (Å²) in [4.78, 5) is 22.5. The average molecular weight is 318 g/mol. The Kier molecular flexibility index (Phi) is 3.92. The van der Waals surface area contributed by atoms with Gasteiger partial charge in [0.05, 0.1) is 6.54 Å². The molecule has 1 aromatic heterocycles. The molecule has 0 saturated carbocycles. The Bertz CT molecular complexity index is 876. The number of amides is 1. The van der Waals surface area contributed by atoms with Crippen LogP contribution >= 0.6 is 0 Å². The molecule has 0 atom stereocenters. The van der Waals surface area contributed by atoms with E-state index >= 15 is 0 Å². The van der Waals surface area contributed by atoms with E-state index in [1.54, 1.807) is 0 Å². The van der Waals surface area contributed by atoms with Crippen LogP contribution in [0.5, 0.6) is 0 Å². The van der Waals surface area contributed by atoms with Gasteiger partial charge < -0.3 is 5.32 Å². The molecule has 5 heteroatoms. The molecule has 0 bridgehead atoms. The predicted molar refractivity (Wildman–Crippen MR) is 93.3 cm³/mol. The molecule has 0 radical (unpaired) electrons. The van der Waals surface area contributed by atoms with Crippen molar-refractivity contribution in [1.29, 1.82) is 0 Å². The lowest BCUT2D eigenvalue weighted by molar-refractivity contribution is -0.124. The summed E-state index contributed by atoms with van der Waals surface area (Å²) in [7, 11) is 0. The maximum Gasteiger partial charge on any atom is 0.234 e. The summed E-state index contributed by atoms with van der Waals surface area (Å²) in [6, 6.07) is 14.5. The van der Waals surface area contributed by atoms with Crippen LogP contribution in [-0.2, 0) is 11.3 Å². The van der Waals surface area contributed by atoms with Crippen molar-refractivity contribution < 1.29 is 4.79 Å². The minimum Gasteiger partial charge on any atom is -0.354 e. The Hall–Kier alpha value is -2.79. The fourth-order valence-electron chi connectivity index (χ4n) is 3.00. The number of benzene rings is 2. The number of nitrogens with one attached hydrogen (secondary N) is 1. The first-order valence-electron chi connectivity index (χ1n) is 8.07. The lowest BCUT2D eigenvalue weighted by atomic mass is 10.1. The van der Waals surface area contributed by atoms with E-state index in [0.29, 0.717) is 19.6 Å². The molecule has 1 aliphatic rings. The molecular weight excluding hydrogens is 300 g/mol. The number of carbonyl (C=O) groups excluding carboxylic acids is 1. The van der Waals surface area contributed by atoms with Gasteiger partial charge in [-0.3, -0.25) is 9.69 Å². The van der Waals surface area contributed by atoms with Crippen molar-refractivity contribution in [3.8, 4) is 11.4 Å². The second-order valence-electron chi connectivity index (χ2n) is 6.04. The normalized spacial score (nSPS) is 15.4. The first kappa shape index (κ1) is 14.8. The van der Waals surface area contributed by atoms with E-state index < -0.39 is 0 Å². The molecule has 3 aromatic rings. The maximum atomic E-state index is 11.4. The number of nitrogens with zero attached hydrogens (tertiary/aromatic N) is 3. The van der Waals surface area contributed by atoms with E-state index in [9.17, 15) is 4.79 Å². The van der Waals surface area contributed by atoms with Crippen LogP contribution in [-0.4, -0.2) is 40.4 Å². The molecule has 0 unspecified atom stereocenters. The van der Waals surface area contributed by atoms with Gasteiger partial charge in [0.2, 0.25) is 5.91 Å². The molecule has 1 saturated heterocycles. The molecule has 1 fully saturated rings. The quantitative estimate of drug-likeness (QED) is 0.804. The Balaban J connectivity index is 1.53. The molecule has 1 aliphatic heterocycles. The van der Waals surface area contributed by atoms with Crippen molar-refractivity contribution in [3.05, 3.63) is 60.4 Å². The summed E-state index contributed by atoms with van der Waals surface area (Å²) in [6.45, 7) is 2.70. The number of rotatable bonds is 3. The van der Waals surface area contributed by atoms with Gasteiger partial charge in [0.25, 0.3) is 0 Å². The molecule has 24 heavy (non-hydrogen) atoms. The van der Waals surface area contributed by atoms with Crippen molar-refractivity contribution in [2.24, 2.45) is 0 Å². The van der Waals surface area contributed by atoms with Gasteiger partial charge in [-0.1, -0.05) is 36.4 Å². The maximum absolute atomic E-state index is 11.4. The highest BCUT2D eigenvalue weighted by atomic mass is 16.2. The highest BCUT2D eigenvalue weighted by Crippen LogP contribution is 2.21. The summed E-state index contributed by atoms with van der Waals surface area (Å²) in [5.74, 6) is 0.802. The second-order valence-corrected chi connectivity index (χ2v) is 6.04. The number of hydrogen-bond donors (Lipinski definition) is 1. The van der Waals surface area contributed by atoms with Gasteiger partial charge in [-0.15, -0.1) is 0 Å². The summed E-state index contributed by atoms with van der Waals surface area (Å²) in [5, 5.41) is 5.22. The van der Waals surface area contributed by atoms with Crippen molar-refractivity contribution in [1.82, 2.24) is 20.2 Å². The zero-order valence-corrected chi connectivity index (χ0v) is 13.3. The minimum atomic E-state index is 0.0787. The number of aromatic nitrogens is 2. The van der Waals surface area contributed by atoms with Gasteiger partial charge >= 0.3 is 0 Å². The summed E-state index contributed by atoms with van der Waals surface area (Å²) in [5.41, 5.74) is 2.03. The van der Waals surface area contributed by atoms with Crippen molar-refractivity contribution >= 4 is 16.7 Å². The first-order chi connectivity index (χ1) is 11.8. The monoisotopic (exact) mass is 318 g/mol. The SMILES string of the molecule is O=C1CN(Cc2cnc(-c3ccc4ccccc4c3)nc2)CCN1. The molecule has 1 amide bonds. The third-order valence-electron chi connectivity index (χ3n) is 4.24. The van der Waals surface area contributed by atoms with Crippen molar-refractivity contribution in [2.75, 3.05) is 19.6 Å². The Morgan fingerprint density at radius 2 is 1.83 bits per heavy atom. The topological polar surface area (TPSA) is 58.1 Å². The van der Waals surface area contributed by atoms with Crippen LogP contribution in [0.1, 0.15) is 5.56 Å². The average Bonchev–Trinajstić information content (AvgIpc) is 2.62. The molecule has 0 aliphatic carbocycles. The number of fused-ring (bicyclic) bond motifs is 1. The van der Waals surface area contributed by atoms with Crippen molar-refractivity contribution in [3.63, 3.8) is 0 Å². The van der Waals surface area contributed by atoms with Crippen LogP contribution in [0.2, 0.25) is 0 Å². The van der Waals surface area contributed by atoms with Crippen molar-refractivity contribution in [2.45, 2.75) is 6.54 Å². The fourth-order valence-corrected chi connectivity index (χ4v) is 3.00. The highest BCUT2D eigenvalue weighted by Gasteiger charge is 2.16. The van der Waals surface area contributed by atoms with E-state index in [4.69, 9.17) is 0 Å². The number of hydrogen-bond acceptors (Lipinski definition) is 4. The highest BCUT2D eigenvalue weighted by molar-refractivity contribution is 5.86. The van der Waals surface area contributed by atoms with Gasteiger partial charge in [0, 0.05) is 43.2 Å². The van der Waals surface area contributed by atoms with Gasteiger partial charge in [0.15, 0.2) is 5.82 Å². The van der Waals surface area contributed by atoms with Crippen LogP contribution in [0, 0.1) is 0 Å². The summed E-state index contributed by atoms with van der Waals surface area (Å²) < 4.78 is 0. The third kappa shape index (κ3) is 3.12. The third-order valence-corrected chi connectivity index (χ3v) is 4.24. The molecule has 1 N–H and O–H groups in total. The standard InChI is InChI=1S/C19H18N4O/c24-18-13-23(8-7-20-18)12-14-10-21-19(22-11-14)17-6-5-15-3-1-2-4-16(15)9-17/h1-6,9-11H,7-8,12-13H2,(H,20,24). The molecule has 2 heterocycles. The number of carbonyl (C=O) groups is 1. The van der Waals surface area contributed by atoms with Crippen LogP contribution in [0.4, 0.5) is 0 Å². The van der Waals surface area contributed by atoms with E-state index in [1.165, 1.54) is 10.8 Å². The van der Waals surface area contributed by atoms with Crippen LogP contribution < -0.4 is 5.32 Å². The molecule has 0 spiro atoms. The van der Waals surface area contributed by atoms with Gasteiger partial charge in [-0.2, -0.15) is 0 Å². The van der Waals surface area contributed by atoms with Gasteiger partial charge in [-0.25, -0.2) is 9.97 Å². The Morgan fingerprint density at radius 1 is 1.04 bits per heavy atom. The fraction of sp³-hybridized carbons (Fsp3) is 0.211.